The van der Waals surface area contributed by atoms with Crippen molar-refractivity contribution in [3.05, 3.63) is 12.2 Å². The Kier molecular flexibility index (Phi) is 6.88. The SMILES string of the molecule is CN[C@H](CC=CC[C@@H](N)C=O)C(C)=O. The molecule has 0 aliphatic carbocycles. The van der Waals surface area contributed by atoms with Crippen molar-refractivity contribution in [1.82, 2.24) is 5.32 Å². The lowest BCUT2D eigenvalue weighted by Gasteiger charge is -2.08. The molecular weight excluding hydrogens is 180 g/mol. The topological polar surface area (TPSA) is 72.2 Å². The molecule has 0 aromatic rings. The second-order valence-corrected chi connectivity index (χ2v) is 3.19. The van der Waals surface area contributed by atoms with Crippen LogP contribution in [-0.2, 0) is 9.59 Å². The van der Waals surface area contributed by atoms with Crippen LogP contribution in [0.5, 0.6) is 0 Å². The summed E-state index contributed by atoms with van der Waals surface area (Å²) in [5, 5.41) is 2.90. The van der Waals surface area contributed by atoms with E-state index in [-0.39, 0.29) is 11.8 Å². The van der Waals surface area contributed by atoms with Gasteiger partial charge in [0.25, 0.3) is 0 Å². The van der Waals surface area contributed by atoms with Crippen LogP contribution in [0, 0.1) is 0 Å². The average molecular weight is 198 g/mol. The van der Waals surface area contributed by atoms with Gasteiger partial charge >= 0.3 is 0 Å². The number of nitrogens with one attached hydrogen (secondary N) is 1. The van der Waals surface area contributed by atoms with Gasteiger partial charge in [-0.1, -0.05) is 12.2 Å². The third kappa shape index (κ3) is 5.61. The Morgan fingerprint density at radius 3 is 2.43 bits per heavy atom. The van der Waals surface area contributed by atoms with E-state index in [4.69, 9.17) is 5.73 Å². The zero-order chi connectivity index (χ0) is 11.0. The van der Waals surface area contributed by atoms with Crippen molar-refractivity contribution in [2.75, 3.05) is 7.05 Å². The van der Waals surface area contributed by atoms with Gasteiger partial charge < -0.3 is 15.8 Å². The van der Waals surface area contributed by atoms with Gasteiger partial charge in [0, 0.05) is 0 Å². The molecule has 4 nitrogen and oxygen atoms in total. The Morgan fingerprint density at radius 1 is 1.43 bits per heavy atom. The van der Waals surface area contributed by atoms with E-state index in [2.05, 4.69) is 5.32 Å². The summed E-state index contributed by atoms with van der Waals surface area (Å²) in [6, 6.07) is -0.574. The van der Waals surface area contributed by atoms with E-state index in [0.717, 1.165) is 0 Å². The van der Waals surface area contributed by atoms with E-state index in [1.807, 2.05) is 12.2 Å². The minimum absolute atomic E-state index is 0.108. The molecule has 14 heavy (non-hydrogen) atoms. The lowest BCUT2D eigenvalue weighted by Crippen LogP contribution is -2.31. The minimum Gasteiger partial charge on any atom is -0.321 e. The van der Waals surface area contributed by atoms with Crippen molar-refractivity contribution < 1.29 is 9.59 Å². The van der Waals surface area contributed by atoms with E-state index >= 15 is 0 Å². The first-order valence-corrected chi connectivity index (χ1v) is 4.65. The second kappa shape index (κ2) is 7.41. The standard InChI is InChI=1S/C10H18N2O2/c1-8(14)10(12-2)6-4-3-5-9(11)7-13/h3-4,7,9-10,12H,5-6,11H2,1-2H3/t9-,10-/m1/s1. The van der Waals surface area contributed by atoms with Crippen molar-refractivity contribution in [2.45, 2.75) is 31.8 Å². The monoisotopic (exact) mass is 198 g/mol. The molecule has 2 atom stereocenters. The molecule has 0 heterocycles. The first kappa shape index (κ1) is 13.0. The van der Waals surface area contributed by atoms with E-state index < -0.39 is 6.04 Å². The lowest BCUT2D eigenvalue weighted by molar-refractivity contribution is -0.118. The van der Waals surface area contributed by atoms with Crippen LogP contribution in [0.15, 0.2) is 12.2 Å². The molecule has 4 heteroatoms. The highest BCUT2D eigenvalue weighted by Gasteiger charge is 2.08. The van der Waals surface area contributed by atoms with Crippen LogP contribution in [0.1, 0.15) is 19.8 Å². The quantitative estimate of drug-likeness (QED) is 0.447. The van der Waals surface area contributed by atoms with Crippen LogP contribution in [0.3, 0.4) is 0 Å². The summed E-state index contributed by atoms with van der Waals surface area (Å²) in [5.74, 6) is 0.108. The largest absolute Gasteiger partial charge is 0.321 e. The predicted octanol–water partition coefficient (Wildman–Crippen LogP) is 0.0260. The number of carbonyl (C=O) groups is 2. The lowest BCUT2D eigenvalue weighted by atomic mass is 10.1. The summed E-state index contributed by atoms with van der Waals surface area (Å²) in [5.41, 5.74) is 5.38. The molecule has 0 spiro atoms. The maximum absolute atomic E-state index is 11.0. The Labute approximate surface area is 84.5 Å². The summed E-state index contributed by atoms with van der Waals surface area (Å²) in [6.45, 7) is 1.55. The molecule has 0 aliphatic rings. The average Bonchev–Trinajstić information content (AvgIpc) is 2.16. The van der Waals surface area contributed by atoms with Crippen LogP contribution >= 0.6 is 0 Å². The van der Waals surface area contributed by atoms with Crippen molar-refractivity contribution in [3.63, 3.8) is 0 Å². The number of likely N-dealkylation sites (N-methyl/N-ethyl adjacent to an activating group) is 1. The van der Waals surface area contributed by atoms with Gasteiger partial charge in [-0.2, -0.15) is 0 Å². The normalized spacial score (nSPS) is 15.4. The van der Waals surface area contributed by atoms with Crippen molar-refractivity contribution in [3.8, 4) is 0 Å². The number of hydrogen-bond donors (Lipinski definition) is 2. The van der Waals surface area contributed by atoms with E-state index in [0.29, 0.717) is 19.1 Å². The number of nitrogens with two attached hydrogens (primary N) is 1. The fourth-order valence-electron chi connectivity index (χ4n) is 1.03. The molecule has 0 fully saturated rings. The maximum atomic E-state index is 11.0. The highest BCUT2D eigenvalue weighted by molar-refractivity contribution is 5.81. The van der Waals surface area contributed by atoms with Crippen LogP contribution in [0.25, 0.3) is 0 Å². The van der Waals surface area contributed by atoms with Crippen molar-refractivity contribution in [2.24, 2.45) is 5.73 Å². The highest BCUT2D eigenvalue weighted by Crippen LogP contribution is 1.96. The number of ketones is 1. The molecule has 0 unspecified atom stereocenters. The van der Waals surface area contributed by atoms with Gasteiger partial charge in [-0.15, -0.1) is 0 Å². The molecule has 3 N–H and O–H groups in total. The Balaban J connectivity index is 3.79. The van der Waals surface area contributed by atoms with Gasteiger partial charge in [0.1, 0.15) is 12.1 Å². The van der Waals surface area contributed by atoms with Gasteiger partial charge in [-0.05, 0) is 26.8 Å². The third-order valence-corrected chi connectivity index (χ3v) is 1.96. The Bertz CT molecular complexity index is 214. The van der Waals surface area contributed by atoms with Gasteiger partial charge in [0.05, 0.1) is 12.1 Å². The molecule has 0 saturated carbocycles. The molecule has 0 aromatic carbocycles. The number of rotatable bonds is 7. The number of aldehydes is 1. The highest BCUT2D eigenvalue weighted by atomic mass is 16.1. The molecule has 0 saturated heterocycles. The van der Waals surface area contributed by atoms with Gasteiger partial charge in [-0.3, -0.25) is 4.79 Å². The summed E-state index contributed by atoms with van der Waals surface area (Å²) >= 11 is 0. The summed E-state index contributed by atoms with van der Waals surface area (Å²) in [4.78, 5) is 21.2. The van der Waals surface area contributed by atoms with Crippen molar-refractivity contribution in [1.29, 1.82) is 0 Å². The maximum Gasteiger partial charge on any atom is 0.146 e. The van der Waals surface area contributed by atoms with Gasteiger partial charge in [0.2, 0.25) is 0 Å². The van der Waals surface area contributed by atoms with Gasteiger partial charge in [0.15, 0.2) is 0 Å². The summed E-state index contributed by atoms with van der Waals surface area (Å²) < 4.78 is 0. The summed E-state index contributed by atoms with van der Waals surface area (Å²) in [6.07, 6.45) is 5.57. The molecule has 0 aliphatic heterocycles. The fourth-order valence-corrected chi connectivity index (χ4v) is 1.03. The molecule has 80 valence electrons. The molecule has 0 aromatic heterocycles. The molecule has 0 radical (unpaired) electrons. The molecule has 0 bridgehead atoms. The third-order valence-electron chi connectivity index (χ3n) is 1.96. The first-order valence-electron chi connectivity index (χ1n) is 4.65. The Morgan fingerprint density at radius 2 is 2.00 bits per heavy atom. The molecule has 0 amide bonds. The van der Waals surface area contributed by atoms with E-state index in [1.54, 1.807) is 14.0 Å². The second-order valence-electron chi connectivity index (χ2n) is 3.19. The number of hydrogen-bond acceptors (Lipinski definition) is 4. The molecule has 0 rings (SSSR count). The smallest absolute Gasteiger partial charge is 0.146 e. The molecular formula is C10H18N2O2. The summed E-state index contributed by atoms with van der Waals surface area (Å²) in [7, 11) is 1.75. The first-order chi connectivity index (χ1) is 6.61. The predicted molar refractivity (Wildman–Crippen MR) is 55.9 cm³/mol. The van der Waals surface area contributed by atoms with Crippen LogP contribution in [-0.4, -0.2) is 31.2 Å². The zero-order valence-electron chi connectivity index (χ0n) is 8.69. The van der Waals surface area contributed by atoms with E-state index in [1.165, 1.54) is 0 Å². The van der Waals surface area contributed by atoms with E-state index in [9.17, 15) is 9.59 Å². The zero-order valence-corrected chi connectivity index (χ0v) is 8.69. The Hall–Kier alpha value is -1.00. The van der Waals surface area contributed by atoms with Crippen molar-refractivity contribution >= 4 is 12.1 Å². The number of Topliss-reactive ketones (excluding diaryl/α,β-unsaturated/α-hetero) is 1. The van der Waals surface area contributed by atoms with Crippen LogP contribution in [0.4, 0.5) is 0 Å². The van der Waals surface area contributed by atoms with Gasteiger partial charge in [-0.25, -0.2) is 0 Å². The van der Waals surface area contributed by atoms with Crippen LogP contribution < -0.4 is 11.1 Å². The fraction of sp³-hybridized carbons (Fsp3) is 0.600. The van der Waals surface area contributed by atoms with Crippen LogP contribution in [0.2, 0.25) is 0 Å². The minimum atomic E-state index is -0.434. The number of carbonyl (C=O) groups excluding carboxylic acids is 2.